The summed E-state index contributed by atoms with van der Waals surface area (Å²) in [7, 11) is 4.54. The number of ether oxygens (including phenoxy) is 1. The zero-order valence-corrected chi connectivity index (χ0v) is 18.9. The second kappa shape index (κ2) is 9.34. The lowest BCUT2D eigenvalue weighted by molar-refractivity contribution is -0.113. The monoisotopic (exact) mass is 443 g/mol. The Hall–Kier alpha value is -3.14. The van der Waals surface area contributed by atoms with Crippen molar-refractivity contribution in [3.05, 3.63) is 50.9 Å². The molecule has 2 aromatic heterocycles. The van der Waals surface area contributed by atoms with Crippen molar-refractivity contribution in [2.75, 3.05) is 18.2 Å². The van der Waals surface area contributed by atoms with Gasteiger partial charge in [-0.3, -0.25) is 18.7 Å². The molecule has 9 nitrogen and oxygen atoms in total. The number of nitrogens with zero attached hydrogens (tertiary/aromatic N) is 4. The largest absolute Gasteiger partial charge is 0.497 e. The molecule has 0 atom stereocenters. The van der Waals surface area contributed by atoms with Crippen LogP contribution >= 0.6 is 11.8 Å². The molecule has 1 N–H and O–H groups in total. The van der Waals surface area contributed by atoms with Crippen LogP contribution in [0.1, 0.15) is 19.7 Å². The number of thioether (sulfide) groups is 1. The molecule has 2 heterocycles. The topological polar surface area (TPSA) is 108 Å². The van der Waals surface area contributed by atoms with Crippen LogP contribution in [0.2, 0.25) is 0 Å². The first-order valence-corrected chi connectivity index (χ1v) is 10.7. The summed E-state index contributed by atoms with van der Waals surface area (Å²) >= 11 is 1.14. The minimum atomic E-state index is -0.482. The highest BCUT2D eigenvalue weighted by atomic mass is 32.2. The molecule has 0 aliphatic carbocycles. The number of nitrogens with one attached hydrogen (secondary N) is 1. The van der Waals surface area contributed by atoms with Crippen molar-refractivity contribution in [2.45, 2.75) is 25.3 Å². The van der Waals surface area contributed by atoms with Gasteiger partial charge < -0.3 is 10.1 Å². The summed E-state index contributed by atoms with van der Waals surface area (Å²) in [6.45, 7) is 4.07. The van der Waals surface area contributed by atoms with E-state index < -0.39 is 11.2 Å². The molecule has 0 bridgehead atoms. The van der Waals surface area contributed by atoms with Gasteiger partial charge in [-0.2, -0.15) is 0 Å². The first-order valence-electron chi connectivity index (χ1n) is 9.74. The number of aryl methyl sites for hydroxylation is 1. The van der Waals surface area contributed by atoms with Gasteiger partial charge in [0.05, 0.1) is 12.9 Å². The van der Waals surface area contributed by atoms with Gasteiger partial charge in [-0.25, -0.2) is 14.8 Å². The average Bonchev–Trinajstić information content (AvgIpc) is 2.74. The highest BCUT2D eigenvalue weighted by Crippen LogP contribution is 2.24. The summed E-state index contributed by atoms with van der Waals surface area (Å²) in [4.78, 5) is 46.7. The Kier molecular flexibility index (Phi) is 6.79. The molecule has 1 aromatic carbocycles. The summed E-state index contributed by atoms with van der Waals surface area (Å²) in [6, 6.07) is 7.04. The number of benzene rings is 1. The van der Waals surface area contributed by atoms with E-state index in [1.165, 1.54) is 11.6 Å². The fourth-order valence-electron chi connectivity index (χ4n) is 3.06. The van der Waals surface area contributed by atoms with Crippen LogP contribution < -0.4 is 21.3 Å². The third-order valence-electron chi connectivity index (χ3n) is 4.60. The molecule has 164 valence electrons. The highest BCUT2D eigenvalue weighted by molar-refractivity contribution is 8.00. The Morgan fingerprint density at radius 1 is 1.19 bits per heavy atom. The summed E-state index contributed by atoms with van der Waals surface area (Å²) in [6.07, 6.45) is 0.586. The molecule has 0 saturated carbocycles. The molecule has 0 spiro atoms. The van der Waals surface area contributed by atoms with E-state index in [2.05, 4.69) is 15.3 Å². The number of hydrogen-bond donors (Lipinski definition) is 1. The molecule has 3 aromatic rings. The first kappa shape index (κ1) is 22.5. The molecule has 1 amide bonds. The SMILES string of the molecule is COc1cccc(NC(=O)CSc2nc(CC(C)C)nc3c2c(=O)n(C)c(=O)n3C)c1. The van der Waals surface area contributed by atoms with Gasteiger partial charge in [-0.05, 0) is 18.1 Å². The van der Waals surface area contributed by atoms with E-state index >= 15 is 0 Å². The van der Waals surface area contributed by atoms with Crippen LogP contribution in [0.25, 0.3) is 11.0 Å². The first-order chi connectivity index (χ1) is 14.7. The predicted octanol–water partition coefficient (Wildman–Crippen LogP) is 1.97. The highest BCUT2D eigenvalue weighted by Gasteiger charge is 2.19. The van der Waals surface area contributed by atoms with Gasteiger partial charge in [0.2, 0.25) is 5.91 Å². The molecule has 0 unspecified atom stereocenters. The van der Waals surface area contributed by atoms with Crippen LogP contribution in [0.3, 0.4) is 0 Å². The standard InChI is InChI=1S/C21H25N5O4S/c1-12(2)9-15-23-18-17(20(28)26(4)21(29)25(18)3)19(24-15)31-11-16(27)22-13-7-6-8-14(10-13)30-5/h6-8,10,12H,9,11H2,1-5H3,(H,22,27). The molecule has 0 aliphatic heterocycles. The predicted molar refractivity (Wildman–Crippen MR) is 121 cm³/mol. The van der Waals surface area contributed by atoms with E-state index in [4.69, 9.17) is 4.74 Å². The summed E-state index contributed by atoms with van der Waals surface area (Å²) in [5.74, 6) is 1.24. The Bertz CT molecular complexity index is 1250. The van der Waals surface area contributed by atoms with Gasteiger partial charge in [-0.15, -0.1) is 0 Å². The third kappa shape index (κ3) is 4.96. The maximum absolute atomic E-state index is 12.8. The van der Waals surface area contributed by atoms with Crippen molar-refractivity contribution in [3.63, 3.8) is 0 Å². The fourth-order valence-corrected chi connectivity index (χ4v) is 3.90. The minimum Gasteiger partial charge on any atom is -0.497 e. The van der Waals surface area contributed by atoms with Crippen LogP contribution in [-0.4, -0.2) is 37.9 Å². The molecule has 0 radical (unpaired) electrons. The van der Waals surface area contributed by atoms with Gasteiger partial charge in [0, 0.05) is 32.3 Å². The Morgan fingerprint density at radius 2 is 1.94 bits per heavy atom. The van der Waals surface area contributed by atoms with Crippen LogP contribution in [0.15, 0.2) is 38.9 Å². The number of methoxy groups -OCH3 is 1. The van der Waals surface area contributed by atoms with E-state index in [9.17, 15) is 14.4 Å². The van der Waals surface area contributed by atoms with Gasteiger partial charge in [-0.1, -0.05) is 31.7 Å². The number of anilines is 1. The number of rotatable bonds is 7. The van der Waals surface area contributed by atoms with Crippen LogP contribution in [0.4, 0.5) is 5.69 Å². The maximum Gasteiger partial charge on any atom is 0.332 e. The normalized spacial score (nSPS) is 11.2. The second-order valence-corrected chi connectivity index (χ2v) is 8.48. The summed E-state index contributed by atoms with van der Waals surface area (Å²) < 4.78 is 7.52. The van der Waals surface area contributed by atoms with Gasteiger partial charge in [0.25, 0.3) is 5.56 Å². The lowest BCUT2D eigenvalue weighted by Gasteiger charge is -2.13. The van der Waals surface area contributed by atoms with Crippen molar-refractivity contribution in [1.82, 2.24) is 19.1 Å². The molecular formula is C21H25N5O4S. The summed E-state index contributed by atoms with van der Waals surface area (Å²) in [5, 5.41) is 3.43. The van der Waals surface area contributed by atoms with Gasteiger partial charge in [0.1, 0.15) is 22.0 Å². The van der Waals surface area contributed by atoms with Crippen LogP contribution in [0.5, 0.6) is 5.75 Å². The molecule has 10 heteroatoms. The summed E-state index contributed by atoms with van der Waals surface area (Å²) in [5.41, 5.74) is -0.0610. The van der Waals surface area contributed by atoms with E-state index in [-0.39, 0.29) is 28.6 Å². The van der Waals surface area contributed by atoms with Crippen LogP contribution in [-0.2, 0) is 25.3 Å². The Morgan fingerprint density at radius 3 is 2.61 bits per heavy atom. The van der Waals surface area contributed by atoms with Crippen molar-refractivity contribution in [3.8, 4) is 5.75 Å². The third-order valence-corrected chi connectivity index (χ3v) is 5.57. The lowest BCUT2D eigenvalue weighted by Crippen LogP contribution is -2.38. The number of carbonyl (C=O) groups excluding carboxylic acids is 1. The van der Waals surface area contributed by atoms with Crippen molar-refractivity contribution in [1.29, 1.82) is 0 Å². The Labute approximate surface area is 183 Å². The zero-order valence-electron chi connectivity index (χ0n) is 18.1. The number of hydrogen-bond acceptors (Lipinski definition) is 7. The Balaban J connectivity index is 1.95. The molecular weight excluding hydrogens is 418 g/mol. The number of fused-ring (bicyclic) bond motifs is 1. The number of carbonyl (C=O) groups is 1. The van der Waals surface area contributed by atoms with Gasteiger partial charge in [0.15, 0.2) is 5.65 Å². The molecule has 3 rings (SSSR count). The number of aromatic nitrogens is 4. The van der Waals surface area contributed by atoms with Crippen LogP contribution in [0, 0.1) is 5.92 Å². The lowest BCUT2D eigenvalue weighted by atomic mass is 10.1. The van der Waals surface area contributed by atoms with Crippen molar-refractivity contribution in [2.24, 2.45) is 20.0 Å². The molecule has 31 heavy (non-hydrogen) atoms. The van der Waals surface area contributed by atoms with Gasteiger partial charge >= 0.3 is 5.69 Å². The van der Waals surface area contributed by atoms with E-state index in [0.717, 1.165) is 16.3 Å². The van der Waals surface area contributed by atoms with Crippen molar-refractivity contribution >= 4 is 34.4 Å². The molecule has 0 fully saturated rings. The quantitative estimate of drug-likeness (QED) is 0.439. The average molecular weight is 444 g/mol. The molecule has 0 aliphatic rings. The van der Waals surface area contributed by atoms with E-state index in [1.54, 1.807) is 38.4 Å². The molecule has 0 saturated heterocycles. The maximum atomic E-state index is 12.8. The second-order valence-electron chi connectivity index (χ2n) is 7.52. The number of amides is 1. The smallest absolute Gasteiger partial charge is 0.332 e. The zero-order chi connectivity index (χ0) is 22.7. The fraction of sp³-hybridized carbons (Fsp3) is 0.381. The van der Waals surface area contributed by atoms with E-state index in [0.29, 0.717) is 28.7 Å². The van der Waals surface area contributed by atoms with E-state index in [1.807, 2.05) is 13.8 Å². The van der Waals surface area contributed by atoms with Crippen molar-refractivity contribution < 1.29 is 9.53 Å². The minimum absolute atomic E-state index is 0.0381.